The van der Waals surface area contributed by atoms with Crippen LogP contribution in [0.1, 0.15) is 165 Å². The Bertz CT molecular complexity index is 1990. The third kappa shape index (κ3) is 11.7. The summed E-state index contributed by atoms with van der Waals surface area (Å²) in [6.45, 7) is 23.7. The van der Waals surface area contributed by atoms with Gasteiger partial charge in [0.15, 0.2) is 11.6 Å². The first-order valence-electron chi connectivity index (χ1n) is 28.0. The summed E-state index contributed by atoms with van der Waals surface area (Å²) in [5.41, 5.74) is 0.279. The van der Waals surface area contributed by atoms with Gasteiger partial charge >= 0.3 is 0 Å². The van der Waals surface area contributed by atoms with E-state index < -0.39 is 17.0 Å². The minimum absolute atomic E-state index is 0.0694. The summed E-state index contributed by atoms with van der Waals surface area (Å²) < 4.78 is 35.3. The van der Waals surface area contributed by atoms with Crippen LogP contribution in [0.5, 0.6) is 0 Å². The van der Waals surface area contributed by atoms with Gasteiger partial charge in [-0.1, -0.05) is 80.5 Å². The third-order valence-corrected chi connectivity index (χ3v) is 21.3. The normalized spacial score (nSPS) is 41.0. The van der Waals surface area contributed by atoms with Gasteiger partial charge in [0.2, 0.25) is 0 Å². The van der Waals surface area contributed by atoms with Crippen LogP contribution >= 0.6 is 0 Å². The lowest BCUT2D eigenvalue weighted by atomic mass is 9.49. The number of nitrogens with zero attached hydrogens (tertiary/aromatic N) is 4. The molecule has 2 aromatic rings. The monoisotopic (exact) mass is 975 g/mol. The molecule has 0 spiro atoms. The zero-order chi connectivity index (χ0) is 50.2. The molecule has 388 valence electrons. The Kier molecular flexibility index (Phi) is 20.0. The van der Waals surface area contributed by atoms with Gasteiger partial charge < -0.3 is 4.74 Å². The number of methoxy groups -OCH3 is 1. The molecule has 0 aromatic carbocycles. The highest BCUT2D eigenvalue weighted by Crippen LogP contribution is 2.66. The number of ketones is 2. The maximum Gasteiger partial charge on any atom is 0.157 e. The van der Waals surface area contributed by atoms with Crippen molar-refractivity contribution in [2.75, 3.05) is 13.4 Å². The maximum atomic E-state index is 15.3. The average Bonchev–Trinajstić information content (AvgIpc) is 4.18. The number of hydrogen-bond donors (Lipinski definition) is 0. The highest BCUT2D eigenvalue weighted by Gasteiger charge is 2.61. The van der Waals surface area contributed by atoms with Crippen molar-refractivity contribution < 1.29 is 22.9 Å². The highest BCUT2D eigenvalue weighted by molar-refractivity contribution is 7.88. The van der Waals surface area contributed by atoms with Gasteiger partial charge in [0.25, 0.3) is 0 Å². The second-order valence-corrected chi connectivity index (χ2v) is 24.5. The van der Waals surface area contributed by atoms with Gasteiger partial charge in [0, 0.05) is 65.7 Å². The summed E-state index contributed by atoms with van der Waals surface area (Å²) in [4.78, 5) is 27.1. The topological polar surface area (TPSA) is 96.1 Å². The van der Waals surface area contributed by atoms with Crippen LogP contribution in [0.3, 0.4) is 0 Å². The molecule has 2 aromatic heterocycles. The van der Waals surface area contributed by atoms with E-state index >= 15 is 4.39 Å². The highest BCUT2D eigenvalue weighted by atomic mass is 32.2. The number of allylic oxidation sites excluding steroid dienone is 2. The van der Waals surface area contributed by atoms with E-state index in [0.717, 1.165) is 73.0 Å². The van der Waals surface area contributed by atoms with Gasteiger partial charge in [0.05, 0.1) is 19.2 Å². The lowest BCUT2D eigenvalue weighted by Gasteiger charge is -2.57. The van der Waals surface area contributed by atoms with Crippen molar-refractivity contribution in [1.29, 1.82) is 0 Å². The smallest absolute Gasteiger partial charge is 0.157 e. The van der Waals surface area contributed by atoms with Gasteiger partial charge in [-0.3, -0.25) is 23.2 Å². The molecule has 8 nitrogen and oxygen atoms in total. The van der Waals surface area contributed by atoms with E-state index in [-0.39, 0.29) is 22.7 Å². The van der Waals surface area contributed by atoms with Crippen LogP contribution in [-0.4, -0.2) is 61.0 Å². The van der Waals surface area contributed by atoms with E-state index in [2.05, 4.69) is 44.5 Å². The Morgan fingerprint density at radius 1 is 0.710 bits per heavy atom. The van der Waals surface area contributed by atoms with E-state index in [1.165, 1.54) is 64.2 Å². The zero-order valence-electron chi connectivity index (χ0n) is 45.0. The predicted octanol–water partition coefficient (Wildman–Crippen LogP) is 13.8. The van der Waals surface area contributed by atoms with E-state index in [9.17, 15) is 13.8 Å². The van der Waals surface area contributed by atoms with Crippen molar-refractivity contribution in [2.45, 2.75) is 190 Å². The van der Waals surface area contributed by atoms with Crippen molar-refractivity contribution in [2.24, 2.45) is 93.7 Å². The molecular formula is C59H95FN4O4S. The molecular weight excluding hydrogens is 880 g/mol. The number of carbonyl (C=O) groups is 2. The molecule has 19 atom stereocenters. The molecule has 0 bridgehead atoms. The Balaban J connectivity index is 0.000000185. The lowest BCUT2D eigenvalue weighted by molar-refractivity contribution is -0.134. The summed E-state index contributed by atoms with van der Waals surface area (Å²) in [5.74, 6) is 9.42. The first kappa shape index (κ1) is 55.6. The quantitative estimate of drug-likeness (QED) is 0.232. The molecule has 10 rings (SSSR count). The standard InChI is InChI=1S/C25H38N2O2.C24H35FN2O.C6H10OS.2C2H6/c1-16-13-17-5-6-19-18(20(17)14-24(16)29-3)9-10-25(2)21(19)7-8-22(25)23(28)15-27-12-4-11-26-27;1-15-4-5-16-17-8-9-24(2)20(18(17)13-22(25)19(16)12-15)6-7-21(24)23(28)14-27-11-3-10-26-27;1-4-6(5-2)8(3)7;2*1-2/h4,11-12,16-22,24H,5-10,13-15H2,1-3H3;3,10-11,15-22H,4-9,12-14H2,1-2H3;4-5H,1H2,2-3H3;2*1-2H3/b;;6-5+;;. The fraction of sp³-hybridized carbons (Fsp3) is 0.797. The second kappa shape index (κ2) is 24.8. The number of carbonyl (C=O) groups excluding carboxylic acids is 2. The summed E-state index contributed by atoms with van der Waals surface area (Å²) >= 11 is 0. The van der Waals surface area contributed by atoms with Crippen LogP contribution < -0.4 is 0 Å². The molecule has 0 radical (unpaired) electrons. The number of aromatic nitrogens is 4. The van der Waals surface area contributed by atoms with Crippen LogP contribution in [0.25, 0.3) is 0 Å². The minimum Gasteiger partial charge on any atom is -0.381 e. The number of halogens is 1. The molecule has 8 aliphatic carbocycles. The number of hydrogen-bond acceptors (Lipinski definition) is 6. The van der Waals surface area contributed by atoms with Crippen LogP contribution in [0.2, 0.25) is 0 Å². The Morgan fingerprint density at radius 2 is 1.23 bits per heavy atom. The van der Waals surface area contributed by atoms with Gasteiger partial charge in [0.1, 0.15) is 6.17 Å². The molecule has 0 amide bonds. The van der Waals surface area contributed by atoms with Crippen molar-refractivity contribution in [3.63, 3.8) is 0 Å². The molecule has 69 heavy (non-hydrogen) atoms. The first-order chi connectivity index (χ1) is 33.2. The second-order valence-electron chi connectivity index (χ2n) is 23.1. The van der Waals surface area contributed by atoms with Gasteiger partial charge in [-0.25, -0.2) is 4.39 Å². The molecule has 8 aliphatic rings. The van der Waals surface area contributed by atoms with Crippen molar-refractivity contribution >= 4 is 22.4 Å². The summed E-state index contributed by atoms with van der Waals surface area (Å²) in [7, 11) is 1.05. The van der Waals surface area contributed by atoms with Crippen molar-refractivity contribution in [1.82, 2.24) is 19.6 Å². The van der Waals surface area contributed by atoms with Crippen LogP contribution in [0.4, 0.5) is 4.39 Å². The molecule has 2 heterocycles. The predicted molar refractivity (Wildman–Crippen MR) is 281 cm³/mol. The van der Waals surface area contributed by atoms with E-state index in [4.69, 9.17) is 4.74 Å². The minimum atomic E-state index is -0.860. The van der Waals surface area contributed by atoms with Crippen LogP contribution in [0.15, 0.2) is 60.6 Å². The first-order valence-corrected chi connectivity index (χ1v) is 29.6. The average molecular weight is 975 g/mol. The van der Waals surface area contributed by atoms with E-state index in [1.807, 2.05) is 70.9 Å². The SMILES string of the molecule is C=C/C(=C\C)S(C)=O.CC.CC.CC1CCC2C(C1)C(F)CC1C2CCC2(C)C(C(=O)Cn3cccn3)CCC12.COC1CC2C(CCC3C2CCC2(C)C(C(=O)Cn4cccn4)CCC32)CC1C. The number of fused-ring (bicyclic) bond motifs is 10. The number of ether oxygens (including phenoxy) is 1. The summed E-state index contributed by atoms with van der Waals surface area (Å²) in [6.07, 6.45) is 31.4. The Hall–Kier alpha value is -2.72. The maximum absolute atomic E-state index is 15.3. The molecule has 0 aliphatic heterocycles. The Morgan fingerprint density at radius 3 is 1.71 bits per heavy atom. The van der Waals surface area contributed by atoms with E-state index in [0.29, 0.717) is 72.2 Å². The van der Waals surface area contributed by atoms with Crippen molar-refractivity contribution in [3.8, 4) is 0 Å². The molecule has 0 saturated heterocycles. The van der Waals surface area contributed by atoms with Crippen molar-refractivity contribution in [3.05, 3.63) is 60.6 Å². The molecule has 0 N–H and O–H groups in total. The third-order valence-electron chi connectivity index (χ3n) is 20.2. The van der Waals surface area contributed by atoms with E-state index in [1.54, 1.807) is 35.5 Å². The van der Waals surface area contributed by atoms with Crippen LogP contribution in [-0.2, 0) is 38.2 Å². The van der Waals surface area contributed by atoms with Gasteiger partial charge in [-0.2, -0.15) is 10.2 Å². The molecule has 8 saturated carbocycles. The fourth-order valence-electron chi connectivity index (χ4n) is 17.2. The summed E-state index contributed by atoms with van der Waals surface area (Å²) in [5, 5.41) is 8.50. The number of alkyl halides is 1. The summed E-state index contributed by atoms with van der Waals surface area (Å²) in [6, 6.07) is 3.79. The van der Waals surface area contributed by atoms with Gasteiger partial charge in [-0.15, -0.1) is 0 Å². The zero-order valence-corrected chi connectivity index (χ0v) is 45.8. The lowest BCUT2D eigenvalue weighted by Crippen LogP contribution is -2.52. The number of rotatable bonds is 9. The molecule has 8 fully saturated rings. The molecule has 10 heteroatoms. The fourth-order valence-corrected chi connectivity index (χ4v) is 17.7. The largest absolute Gasteiger partial charge is 0.381 e. The Labute approximate surface area is 421 Å². The molecule has 19 unspecified atom stereocenters. The van der Waals surface area contributed by atoms with Crippen LogP contribution in [0, 0.1) is 93.7 Å². The van der Waals surface area contributed by atoms with Gasteiger partial charge in [-0.05, 0) is 197 Å². The number of Topliss-reactive ketones (excluding diaryl/α,β-unsaturated/α-hetero) is 2.